The van der Waals surface area contributed by atoms with Crippen LogP contribution < -0.4 is 4.74 Å². The first-order valence-electron chi connectivity index (χ1n) is 9.66. The number of para-hydroxylation sites is 1. The van der Waals surface area contributed by atoms with Crippen molar-refractivity contribution in [2.45, 2.75) is 24.7 Å². The Morgan fingerprint density at radius 3 is 2.43 bits per heavy atom. The van der Waals surface area contributed by atoms with Gasteiger partial charge in [-0.3, -0.25) is 9.59 Å². The van der Waals surface area contributed by atoms with E-state index >= 15 is 0 Å². The lowest BCUT2D eigenvalue weighted by Gasteiger charge is -2.23. The monoisotopic (exact) mass is 398 g/mol. The lowest BCUT2D eigenvalue weighted by molar-refractivity contribution is -0.133. The third-order valence-electron chi connectivity index (χ3n) is 4.97. The van der Waals surface area contributed by atoms with Crippen LogP contribution in [0.15, 0.2) is 53.4 Å². The van der Waals surface area contributed by atoms with E-state index in [2.05, 4.69) is 19.6 Å². The molecule has 28 heavy (non-hydrogen) atoms. The van der Waals surface area contributed by atoms with Crippen molar-refractivity contribution < 1.29 is 14.3 Å². The minimum absolute atomic E-state index is 0.0183. The zero-order chi connectivity index (χ0) is 19.9. The van der Waals surface area contributed by atoms with Gasteiger partial charge in [0.2, 0.25) is 0 Å². The number of rotatable bonds is 5. The number of hydrogen-bond acceptors (Lipinski definition) is 4. The van der Waals surface area contributed by atoms with Gasteiger partial charge in [0.1, 0.15) is 5.75 Å². The second kappa shape index (κ2) is 9.64. The molecule has 2 aromatic rings. The molecule has 0 aromatic heterocycles. The summed E-state index contributed by atoms with van der Waals surface area (Å²) < 4.78 is 5.76. The van der Waals surface area contributed by atoms with Crippen LogP contribution in [0.3, 0.4) is 0 Å². The van der Waals surface area contributed by atoms with Crippen LogP contribution in [0.25, 0.3) is 0 Å². The first-order chi connectivity index (χ1) is 13.6. The lowest BCUT2D eigenvalue weighted by atomic mass is 10.1. The molecule has 2 aromatic carbocycles. The molecule has 1 saturated heterocycles. The van der Waals surface area contributed by atoms with Gasteiger partial charge in [0, 0.05) is 31.1 Å². The van der Waals surface area contributed by atoms with Gasteiger partial charge in [-0.1, -0.05) is 37.3 Å². The fourth-order valence-electron chi connectivity index (χ4n) is 3.36. The number of thiol groups is 1. The van der Waals surface area contributed by atoms with Gasteiger partial charge >= 0.3 is 0 Å². The normalized spacial score (nSPS) is 14.5. The van der Waals surface area contributed by atoms with E-state index in [9.17, 15) is 9.59 Å². The van der Waals surface area contributed by atoms with Crippen molar-refractivity contribution >= 4 is 24.4 Å². The first kappa shape index (κ1) is 20.3. The van der Waals surface area contributed by atoms with Crippen molar-refractivity contribution in [3.05, 3.63) is 59.7 Å². The van der Waals surface area contributed by atoms with Crippen LogP contribution in [0.2, 0.25) is 0 Å². The highest BCUT2D eigenvalue weighted by Crippen LogP contribution is 2.19. The van der Waals surface area contributed by atoms with E-state index in [4.69, 9.17) is 4.74 Å². The standard InChI is InChI=1S/C22H26N2O3S/c1-2-17-8-3-5-10-19(17)27-16-21(25)23-12-7-13-24(15-14-23)22(26)18-9-4-6-11-20(18)28/h3-6,8-11,28H,2,7,12-16H2,1H3. The van der Waals surface area contributed by atoms with Crippen LogP contribution in [-0.2, 0) is 11.2 Å². The quantitative estimate of drug-likeness (QED) is 0.787. The Morgan fingerprint density at radius 2 is 1.64 bits per heavy atom. The van der Waals surface area contributed by atoms with Crippen LogP contribution in [0.4, 0.5) is 0 Å². The highest BCUT2D eigenvalue weighted by Gasteiger charge is 2.24. The van der Waals surface area contributed by atoms with E-state index in [-0.39, 0.29) is 18.4 Å². The zero-order valence-corrected chi connectivity index (χ0v) is 17.0. The zero-order valence-electron chi connectivity index (χ0n) is 16.1. The second-order valence-electron chi connectivity index (χ2n) is 6.79. The maximum atomic E-state index is 12.8. The molecule has 1 aliphatic heterocycles. The van der Waals surface area contributed by atoms with E-state index < -0.39 is 0 Å². The largest absolute Gasteiger partial charge is 0.483 e. The number of carbonyl (C=O) groups is 2. The highest BCUT2D eigenvalue weighted by molar-refractivity contribution is 7.80. The third kappa shape index (κ3) is 4.87. The molecule has 1 fully saturated rings. The SMILES string of the molecule is CCc1ccccc1OCC(=O)N1CCCN(C(=O)c2ccccc2S)CC1. The maximum Gasteiger partial charge on any atom is 0.260 e. The predicted octanol–water partition coefficient (Wildman–Crippen LogP) is 3.29. The van der Waals surface area contributed by atoms with Gasteiger partial charge in [-0.05, 0) is 36.6 Å². The molecular weight excluding hydrogens is 372 g/mol. The smallest absolute Gasteiger partial charge is 0.260 e. The lowest BCUT2D eigenvalue weighted by Crippen LogP contribution is -2.39. The van der Waals surface area contributed by atoms with Crippen molar-refractivity contribution in [2.24, 2.45) is 0 Å². The third-order valence-corrected chi connectivity index (χ3v) is 5.36. The van der Waals surface area contributed by atoms with E-state index in [1.54, 1.807) is 15.9 Å². The minimum atomic E-state index is -0.0465. The number of ether oxygens (including phenoxy) is 1. The summed E-state index contributed by atoms with van der Waals surface area (Å²) in [7, 11) is 0. The van der Waals surface area contributed by atoms with Crippen LogP contribution >= 0.6 is 12.6 Å². The number of amides is 2. The summed E-state index contributed by atoms with van der Waals surface area (Å²) in [6.45, 7) is 4.36. The fraction of sp³-hybridized carbons (Fsp3) is 0.364. The molecule has 6 heteroatoms. The Hall–Kier alpha value is -2.47. The molecule has 0 spiro atoms. The van der Waals surface area contributed by atoms with Gasteiger partial charge in [-0.25, -0.2) is 0 Å². The fourth-order valence-corrected chi connectivity index (χ4v) is 3.62. The Bertz CT molecular complexity index is 840. The van der Waals surface area contributed by atoms with Crippen molar-refractivity contribution in [2.75, 3.05) is 32.8 Å². The summed E-state index contributed by atoms with van der Waals surface area (Å²) >= 11 is 4.38. The molecule has 0 radical (unpaired) electrons. The Kier molecular flexibility index (Phi) is 6.98. The van der Waals surface area contributed by atoms with E-state index in [1.165, 1.54) is 0 Å². The van der Waals surface area contributed by atoms with E-state index in [0.29, 0.717) is 36.6 Å². The summed E-state index contributed by atoms with van der Waals surface area (Å²) in [5.41, 5.74) is 1.69. The number of aryl methyl sites for hydroxylation is 1. The molecule has 0 aliphatic carbocycles. The van der Waals surface area contributed by atoms with E-state index in [1.807, 2.05) is 42.5 Å². The summed E-state index contributed by atoms with van der Waals surface area (Å²) in [4.78, 5) is 29.7. The van der Waals surface area contributed by atoms with Crippen molar-refractivity contribution in [3.8, 4) is 5.75 Å². The van der Waals surface area contributed by atoms with Gasteiger partial charge in [0.05, 0.1) is 5.56 Å². The first-order valence-corrected chi connectivity index (χ1v) is 10.1. The van der Waals surface area contributed by atoms with Crippen molar-refractivity contribution in [1.82, 2.24) is 9.80 Å². The Morgan fingerprint density at radius 1 is 0.964 bits per heavy atom. The minimum Gasteiger partial charge on any atom is -0.483 e. The van der Waals surface area contributed by atoms with Crippen molar-refractivity contribution in [1.29, 1.82) is 0 Å². The number of carbonyl (C=O) groups excluding carboxylic acids is 2. The molecule has 0 unspecified atom stereocenters. The molecule has 1 heterocycles. The molecule has 0 atom stereocenters. The topological polar surface area (TPSA) is 49.9 Å². The van der Waals surface area contributed by atoms with Crippen LogP contribution in [-0.4, -0.2) is 54.4 Å². The van der Waals surface area contributed by atoms with Crippen LogP contribution in [0.5, 0.6) is 5.75 Å². The summed E-state index contributed by atoms with van der Waals surface area (Å²) in [6.07, 6.45) is 1.61. The number of benzene rings is 2. The summed E-state index contributed by atoms with van der Waals surface area (Å²) in [5, 5.41) is 0. The van der Waals surface area contributed by atoms with Gasteiger partial charge in [0.15, 0.2) is 6.61 Å². The summed E-state index contributed by atoms with van der Waals surface area (Å²) in [5.74, 6) is 0.679. The van der Waals surface area contributed by atoms with Gasteiger partial charge in [-0.2, -0.15) is 0 Å². The Balaban J connectivity index is 1.56. The van der Waals surface area contributed by atoms with Crippen LogP contribution in [0.1, 0.15) is 29.3 Å². The van der Waals surface area contributed by atoms with E-state index in [0.717, 1.165) is 24.2 Å². The molecule has 0 saturated carbocycles. The maximum absolute atomic E-state index is 12.8. The molecule has 2 amide bonds. The average Bonchev–Trinajstić information content (AvgIpc) is 2.98. The number of nitrogens with zero attached hydrogens (tertiary/aromatic N) is 2. The molecular formula is C22H26N2O3S. The van der Waals surface area contributed by atoms with Crippen molar-refractivity contribution in [3.63, 3.8) is 0 Å². The van der Waals surface area contributed by atoms with Gasteiger partial charge in [0.25, 0.3) is 11.8 Å². The average molecular weight is 399 g/mol. The van der Waals surface area contributed by atoms with Gasteiger partial charge < -0.3 is 14.5 Å². The number of hydrogen-bond donors (Lipinski definition) is 1. The predicted molar refractivity (Wildman–Crippen MR) is 112 cm³/mol. The molecule has 148 valence electrons. The van der Waals surface area contributed by atoms with Crippen LogP contribution in [0, 0.1) is 0 Å². The highest BCUT2D eigenvalue weighted by atomic mass is 32.1. The van der Waals surface area contributed by atoms with Gasteiger partial charge in [-0.15, -0.1) is 12.6 Å². The molecule has 1 aliphatic rings. The summed E-state index contributed by atoms with van der Waals surface area (Å²) in [6, 6.07) is 15.1. The Labute approximate surface area is 171 Å². The molecule has 0 N–H and O–H groups in total. The molecule has 0 bridgehead atoms. The second-order valence-corrected chi connectivity index (χ2v) is 7.28. The molecule has 5 nitrogen and oxygen atoms in total. The molecule has 3 rings (SSSR count).